The Labute approximate surface area is 288 Å². The third-order valence-electron chi connectivity index (χ3n) is 9.62. The number of nitrogens with zero attached hydrogens (tertiary/aromatic N) is 4. The minimum atomic E-state index is -4.09. The van der Waals surface area contributed by atoms with E-state index < -0.39 is 15.6 Å². The van der Waals surface area contributed by atoms with Crippen LogP contribution in [0.3, 0.4) is 0 Å². The van der Waals surface area contributed by atoms with Crippen LogP contribution in [0.4, 0.5) is 5.82 Å². The fraction of sp³-hybridized carbons (Fsp3) is 0.368. The van der Waals surface area contributed by atoms with Gasteiger partial charge in [-0.2, -0.15) is 0 Å². The third-order valence-corrected chi connectivity index (χ3v) is 11.0. The maximum atomic E-state index is 13.9. The van der Waals surface area contributed by atoms with Crippen molar-refractivity contribution in [1.82, 2.24) is 15.0 Å². The van der Waals surface area contributed by atoms with Crippen molar-refractivity contribution in [3.8, 4) is 11.1 Å². The number of sulfonamides is 1. The molecule has 0 saturated heterocycles. The van der Waals surface area contributed by atoms with E-state index in [1.165, 1.54) is 0 Å². The van der Waals surface area contributed by atoms with Gasteiger partial charge >= 0.3 is 0 Å². The Morgan fingerprint density at radius 1 is 1.00 bits per heavy atom. The average Bonchev–Trinajstić information content (AvgIpc) is 3.78. The van der Waals surface area contributed by atoms with Gasteiger partial charge in [-0.3, -0.25) is 24.2 Å². The van der Waals surface area contributed by atoms with E-state index in [0.717, 1.165) is 61.9 Å². The van der Waals surface area contributed by atoms with Crippen LogP contribution < -0.4 is 4.72 Å². The Hall–Kier alpha value is -4.77. The summed E-state index contributed by atoms with van der Waals surface area (Å²) in [6.07, 6.45) is 6.24. The van der Waals surface area contributed by atoms with Gasteiger partial charge in [-0.15, -0.1) is 0 Å². The summed E-state index contributed by atoms with van der Waals surface area (Å²) in [5, 5.41) is 3.90. The van der Waals surface area contributed by atoms with Gasteiger partial charge in [0.2, 0.25) is 0 Å². The molecule has 6 rings (SSSR count). The maximum absolute atomic E-state index is 13.9. The number of hydrogen-bond donors (Lipinski definition) is 1. The minimum absolute atomic E-state index is 0.0629. The number of hydrogen-bond acceptors (Lipinski definition) is 7. The molecule has 1 spiro atoms. The largest absolute Gasteiger partial charge is 0.359 e. The van der Waals surface area contributed by atoms with Crippen molar-refractivity contribution < 1.29 is 22.5 Å². The summed E-state index contributed by atoms with van der Waals surface area (Å²) >= 11 is 0. The first kappa shape index (κ1) is 34.1. The number of aliphatic imine (C=N–C) groups is 1. The fourth-order valence-corrected chi connectivity index (χ4v) is 8.05. The maximum Gasteiger partial charge on any atom is 0.263 e. The van der Waals surface area contributed by atoms with Gasteiger partial charge in [0.05, 0.1) is 11.4 Å². The van der Waals surface area contributed by atoms with Gasteiger partial charge in [0, 0.05) is 36.7 Å². The Morgan fingerprint density at radius 2 is 1.71 bits per heavy atom. The lowest BCUT2D eigenvalue weighted by molar-refractivity contribution is -0.131. The second kappa shape index (κ2) is 14.0. The molecule has 2 heterocycles. The summed E-state index contributed by atoms with van der Waals surface area (Å²) in [6, 6.07) is 21.6. The molecule has 1 fully saturated rings. The second-order valence-electron chi connectivity index (χ2n) is 13.1. The molecule has 1 aliphatic carbocycles. The zero-order valence-corrected chi connectivity index (χ0v) is 29.3. The summed E-state index contributed by atoms with van der Waals surface area (Å²) in [6.45, 7) is 6.14. The van der Waals surface area contributed by atoms with Crippen LogP contribution in [0.25, 0.3) is 11.1 Å². The van der Waals surface area contributed by atoms with Crippen LogP contribution in [-0.4, -0.2) is 53.6 Å². The molecular formula is C38H43N5O5S. The molecule has 3 aromatic carbocycles. The summed E-state index contributed by atoms with van der Waals surface area (Å²) in [7, 11) is -2.36. The van der Waals surface area contributed by atoms with Gasteiger partial charge in [-0.05, 0) is 68.0 Å². The van der Waals surface area contributed by atoms with Crippen molar-refractivity contribution in [2.75, 3.05) is 11.8 Å². The van der Waals surface area contributed by atoms with Crippen LogP contribution in [0.2, 0.25) is 0 Å². The van der Waals surface area contributed by atoms with Crippen molar-refractivity contribution in [3.05, 3.63) is 101 Å². The van der Waals surface area contributed by atoms with E-state index >= 15 is 0 Å². The van der Waals surface area contributed by atoms with Crippen LogP contribution in [0.1, 0.15) is 84.7 Å². The summed E-state index contributed by atoms with van der Waals surface area (Å²) in [5.74, 6) is 1.40. The van der Waals surface area contributed by atoms with Crippen molar-refractivity contribution in [2.45, 2.75) is 89.2 Å². The van der Waals surface area contributed by atoms with Gasteiger partial charge in [-0.1, -0.05) is 85.9 Å². The van der Waals surface area contributed by atoms with E-state index in [1.54, 1.807) is 62.2 Å². The van der Waals surface area contributed by atoms with Gasteiger partial charge < -0.3 is 9.42 Å². The van der Waals surface area contributed by atoms with Crippen molar-refractivity contribution >= 4 is 33.5 Å². The Balaban J connectivity index is 1.39. The van der Waals surface area contributed by atoms with Gasteiger partial charge in [0.25, 0.3) is 21.8 Å². The molecule has 49 heavy (non-hydrogen) atoms. The predicted molar refractivity (Wildman–Crippen MR) is 190 cm³/mol. The highest BCUT2D eigenvalue weighted by Crippen LogP contribution is 2.40. The van der Waals surface area contributed by atoms with Crippen LogP contribution in [0.15, 0.2) is 87.2 Å². The molecule has 10 nitrogen and oxygen atoms in total. The molecule has 0 atom stereocenters. The molecule has 1 N–H and O–H groups in total. The number of nitrogens with one attached hydrogen (secondary N) is 1. The topological polar surface area (TPSA) is 125 Å². The van der Waals surface area contributed by atoms with E-state index in [2.05, 4.69) is 16.8 Å². The van der Waals surface area contributed by atoms with E-state index in [0.29, 0.717) is 34.6 Å². The minimum Gasteiger partial charge on any atom is -0.359 e. The highest BCUT2D eigenvalue weighted by atomic mass is 32.2. The predicted octanol–water partition coefficient (Wildman–Crippen LogP) is 7.28. The molecule has 11 heteroatoms. The second-order valence-corrected chi connectivity index (χ2v) is 14.7. The standard InChI is InChI=1S/C38H43N5O5S/c1-5-6-18-34-39-38(21-12-13-22-38)37(45)43(34)24-28-19-20-31(30(23-28)25-42(4)36(44)29-14-8-7-9-15-29)32-16-10-11-17-33(32)49(46,47)41-35-26(2)27(3)48-40-35/h7-11,14-17,19-20,23H,5-6,12-13,18,21-22,24-25H2,1-4H3,(H,40,41). The number of anilines is 1. The van der Waals surface area contributed by atoms with Crippen LogP contribution in [-0.2, 0) is 27.9 Å². The number of amides is 2. The Kier molecular flexibility index (Phi) is 9.74. The highest BCUT2D eigenvalue weighted by molar-refractivity contribution is 7.92. The van der Waals surface area contributed by atoms with E-state index in [9.17, 15) is 18.0 Å². The van der Waals surface area contributed by atoms with Crippen molar-refractivity contribution in [3.63, 3.8) is 0 Å². The summed E-state index contributed by atoms with van der Waals surface area (Å²) in [4.78, 5) is 36.0. The zero-order chi connectivity index (χ0) is 34.8. The van der Waals surface area contributed by atoms with Gasteiger partial charge in [-0.25, -0.2) is 8.42 Å². The number of unbranched alkanes of at least 4 members (excludes halogenated alkanes) is 1. The lowest BCUT2D eigenvalue weighted by atomic mass is 9.95. The van der Waals surface area contributed by atoms with E-state index in [-0.39, 0.29) is 29.1 Å². The van der Waals surface area contributed by atoms with Crippen molar-refractivity contribution in [1.29, 1.82) is 0 Å². The molecule has 1 saturated carbocycles. The number of benzene rings is 3. The number of rotatable bonds is 12. The molecule has 2 amide bonds. The first-order valence-electron chi connectivity index (χ1n) is 16.9. The molecule has 0 unspecified atom stereocenters. The SMILES string of the molecule is CCCCC1=NC2(CCCC2)C(=O)N1Cc1ccc(-c2ccccc2S(=O)(=O)Nc2noc(C)c2C)c(CN(C)C(=O)c2ccccc2)c1. The normalized spacial score (nSPS) is 15.6. The Morgan fingerprint density at radius 3 is 2.41 bits per heavy atom. The molecule has 1 aliphatic heterocycles. The van der Waals surface area contributed by atoms with Crippen molar-refractivity contribution in [2.24, 2.45) is 4.99 Å². The summed E-state index contributed by atoms with van der Waals surface area (Å²) < 4.78 is 35.5. The van der Waals surface area contributed by atoms with Gasteiger partial charge in [0.1, 0.15) is 17.1 Å². The number of aryl methyl sites for hydroxylation is 1. The zero-order valence-electron chi connectivity index (χ0n) is 28.5. The Bertz CT molecular complexity index is 2000. The van der Waals surface area contributed by atoms with Crippen LogP contribution in [0, 0.1) is 13.8 Å². The molecular weight excluding hydrogens is 639 g/mol. The molecule has 1 aromatic heterocycles. The van der Waals surface area contributed by atoms with Crippen LogP contribution in [0.5, 0.6) is 0 Å². The highest BCUT2D eigenvalue weighted by Gasteiger charge is 2.49. The lowest BCUT2D eigenvalue weighted by Gasteiger charge is -2.24. The monoisotopic (exact) mass is 681 g/mol. The van der Waals surface area contributed by atoms with E-state index in [1.807, 2.05) is 41.3 Å². The molecule has 256 valence electrons. The third kappa shape index (κ3) is 6.90. The molecule has 4 aromatic rings. The number of aromatic nitrogens is 1. The molecule has 2 aliphatic rings. The van der Waals surface area contributed by atoms with E-state index in [4.69, 9.17) is 9.52 Å². The molecule has 0 bridgehead atoms. The summed E-state index contributed by atoms with van der Waals surface area (Å²) in [5.41, 5.74) is 3.26. The van der Waals surface area contributed by atoms with Crippen LogP contribution >= 0.6 is 0 Å². The average molecular weight is 682 g/mol. The van der Waals surface area contributed by atoms with Gasteiger partial charge in [0.15, 0.2) is 5.82 Å². The fourth-order valence-electron chi connectivity index (χ4n) is 6.77. The molecule has 0 radical (unpaired) electrons. The quantitative estimate of drug-likeness (QED) is 0.168. The smallest absolute Gasteiger partial charge is 0.263 e. The first-order chi connectivity index (χ1) is 23.5. The number of carbonyl (C=O) groups is 2. The lowest BCUT2D eigenvalue weighted by Crippen LogP contribution is -2.40. The number of carbonyl (C=O) groups excluding carboxylic acids is 2. The first-order valence-corrected chi connectivity index (χ1v) is 18.4. The number of amidine groups is 1.